The molecule has 0 fully saturated rings. The summed E-state index contributed by atoms with van der Waals surface area (Å²) >= 11 is 0. The first-order valence-electron chi connectivity index (χ1n) is 10.2. The van der Waals surface area contributed by atoms with E-state index in [4.69, 9.17) is 9.72 Å². The van der Waals surface area contributed by atoms with E-state index in [1.165, 1.54) is 0 Å². The van der Waals surface area contributed by atoms with Gasteiger partial charge in [-0.05, 0) is 45.0 Å². The molecule has 0 saturated carbocycles. The van der Waals surface area contributed by atoms with E-state index in [-0.39, 0.29) is 11.9 Å². The lowest BCUT2D eigenvalue weighted by molar-refractivity contribution is 0.0940. The van der Waals surface area contributed by atoms with Gasteiger partial charge < -0.3 is 10.1 Å². The quantitative estimate of drug-likeness (QED) is 0.516. The number of methoxy groups -OCH3 is 1. The normalized spacial score (nSPS) is 12.2. The van der Waals surface area contributed by atoms with Crippen molar-refractivity contribution >= 4 is 16.9 Å². The summed E-state index contributed by atoms with van der Waals surface area (Å²) in [5.41, 5.74) is 4.48. The SMILES string of the molecule is CCn1nccc1[C@H](C)NC(=O)c1cc(-c2cccc(OC)c2)nc2c1c(C)nn2C. The molecule has 4 aromatic rings. The van der Waals surface area contributed by atoms with E-state index in [2.05, 4.69) is 15.5 Å². The molecule has 160 valence electrons. The van der Waals surface area contributed by atoms with E-state index in [1.807, 2.05) is 68.9 Å². The minimum atomic E-state index is -0.199. The van der Waals surface area contributed by atoms with Gasteiger partial charge in [-0.2, -0.15) is 10.2 Å². The van der Waals surface area contributed by atoms with Crippen molar-refractivity contribution in [3.05, 3.63) is 59.5 Å². The predicted octanol–water partition coefficient (Wildman–Crippen LogP) is 3.66. The second-order valence-corrected chi connectivity index (χ2v) is 7.46. The third kappa shape index (κ3) is 3.76. The number of amides is 1. The van der Waals surface area contributed by atoms with Crippen molar-refractivity contribution < 1.29 is 9.53 Å². The van der Waals surface area contributed by atoms with Crippen LogP contribution >= 0.6 is 0 Å². The van der Waals surface area contributed by atoms with Gasteiger partial charge in [-0.25, -0.2) is 4.98 Å². The van der Waals surface area contributed by atoms with E-state index in [0.717, 1.165) is 34.6 Å². The molecule has 0 aliphatic carbocycles. The number of nitrogens with zero attached hydrogens (tertiary/aromatic N) is 5. The molecule has 3 heterocycles. The standard InChI is InChI=1S/C23H26N6O2/c1-6-29-20(10-11-24-29)14(2)25-23(30)18-13-19(16-8-7-9-17(12-16)31-5)26-22-21(18)15(3)27-28(22)4/h7-14H,6H2,1-5H3,(H,25,30)/t14-/m0/s1. The summed E-state index contributed by atoms with van der Waals surface area (Å²) in [6.07, 6.45) is 1.75. The average Bonchev–Trinajstić information content (AvgIpc) is 3.37. The molecule has 1 amide bonds. The lowest BCUT2D eigenvalue weighted by Crippen LogP contribution is -2.28. The number of aromatic nitrogens is 5. The van der Waals surface area contributed by atoms with Crippen LogP contribution in [0.15, 0.2) is 42.6 Å². The van der Waals surface area contributed by atoms with E-state index in [0.29, 0.717) is 16.9 Å². The molecule has 0 aliphatic rings. The van der Waals surface area contributed by atoms with Crippen molar-refractivity contribution in [2.24, 2.45) is 7.05 Å². The Hall–Kier alpha value is -3.68. The van der Waals surface area contributed by atoms with Crippen LogP contribution in [0.5, 0.6) is 5.75 Å². The highest BCUT2D eigenvalue weighted by atomic mass is 16.5. The first-order valence-corrected chi connectivity index (χ1v) is 10.2. The molecule has 0 aliphatic heterocycles. The third-order valence-electron chi connectivity index (χ3n) is 5.42. The summed E-state index contributed by atoms with van der Waals surface area (Å²) in [5, 5.41) is 12.7. The zero-order valence-corrected chi connectivity index (χ0v) is 18.4. The minimum absolute atomic E-state index is 0.177. The molecule has 31 heavy (non-hydrogen) atoms. The molecule has 0 bridgehead atoms. The molecular weight excluding hydrogens is 392 g/mol. The monoisotopic (exact) mass is 418 g/mol. The Bertz CT molecular complexity index is 1260. The van der Waals surface area contributed by atoms with Gasteiger partial charge >= 0.3 is 0 Å². The number of hydrogen-bond donors (Lipinski definition) is 1. The van der Waals surface area contributed by atoms with Crippen LogP contribution in [-0.2, 0) is 13.6 Å². The summed E-state index contributed by atoms with van der Waals surface area (Å²) in [5.74, 6) is 0.553. The summed E-state index contributed by atoms with van der Waals surface area (Å²) in [6.45, 7) is 6.61. The van der Waals surface area contributed by atoms with Crippen LogP contribution in [0.2, 0.25) is 0 Å². The van der Waals surface area contributed by atoms with Crippen molar-refractivity contribution in [1.29, 1.82) is 0 Å². The first kappa shape index (κ1) is 20.6. The topological polar surface area (TPSA) is 86.9 Å². The van der Waals surface area contributed by atoms with Crippen LogP contribution in [0.4, 0.5) is 0 Å². The van der Waals surface area contributed by atoms with Gasteiger partial charge in [0.1, 0.15) is 5.75 Å². The number of rotatable bonds is 6. The second kappa shape index (κ2) is 8.22. The maximum atomic E-state index is 13.4. The van der Waals surface area contributed by atoms with Crippen molar-refractivity contribution in [2.45, 2.75) is 33.4 Å². The fourth-order valence-corrected chi connectivity index (χ4v) is 3.88. The number of ether oxygens (including phenoxy) is 1. The molecule has 0 radical (unpaired) electrons. The van der Waals surface area contributed by atoms with Gasteiger partial charge in [0, 0.05) is 25.4 Å². The van der Waals surface area contributed by atoms with Crippen LogP contribution in [0, 0.1) is 6.92 Å². The van der Waals surface area contributed by atoms with E-state index in [1.54, 1.807) is 18.0 Å². The first-order chi connectivity index (χ1) is 14.9. The number of aryl methyl sites for hydroxylation is 3. The number of benzene rings is 1. The summed E-state index contributed by atoms with van der Waals surface area (Å²) in [6, 6.07) is 11.2. The van der Waals surface area contributed by atoms with Crippen LogP contribution in [0.3, 0.4) is 0 Å². The van der Waals surface area contributed by atoms with E-state index >= 15 is 0 Å². The van der Waals surface area contributed by atoms with E-state index < -0.39 is 0 Å². The Morgan fingerprint density at radius 3 is 2.81 bits per heavy atom. The molecule has 1 atom stereocenters. The summed E-state index contributed by atoms with van der Waals surface area (Å²) in [4.78, 5) is 18.2. The number of nitrogens with one attached hydrogen (secondary N) is 1. The zero-order chi connectivity index (χ0) is 22.1. The molecule has 8 heteroatoms. The number of fused-ring (bicyclic) bond motifs is 1. The molecule has 0 saturated heterocycles. The predicted molar refractivity (Wildman–Crippen MR) is 119 cm³/mol. The number of hydrogen-bond acceptors (Lipinski definition) is 5. The van der Waals surface area contributed by atoms with Crippen molar-refractivity contribution in [1.82, 2.24) is 29.9 Å². The molecular formula is C23H26N6O2. The minimum Gasteiger partial charge on any atom is -0.497 e. The van der Waals surface area contributed by atoms with Crippen LogP contribution in [-0.4, -0.2) is 37.6 Å². The molecule has 0 unspecified atom stereocenters. The zero-order valence-electron chi connectivity index (χ0n) is 18.4. The molecule has 1 N–H and O–H groups in total. The van der Waals surface area contributed by atoms with Crippen LogP contribution in [0.25, 0.3) is 22.3 Å². The highest BCUT2D eigenvalue weighted by Gasteiger charge is 2.22. The molecule has 0 spiro atoms. The lowest BCUT2D eigenvalue weighted by atomic mass is 10.0. The van der Waals surface area contributed by atoms with Gasteiger partial charge in [0.05, 0.1) is 41.2 Å². The lowest BCUT2D eigenvalue weighted by Gasteiger charge is -2.16. The molecule has 3 aromatic heterocycles. The largest absolute Gasteiger partial charge is 0.497 e. The van der Waals surface area contributed by atoms with Gasteiger partial charge in [-0.3, -0.25) is 14.2 Å². The molecule has 8 nitrogen and oxygen atoms in total. The average molecular weight is 419 g/mol. The van der Waals surface area contributed by atoms with Gasteiger partial charge in [0.15, 0.2) is 5.65 Å². The third-order valence-corrected chi connectivity index (χ3v) is 5.42. The highest BCUT2D eigenvalue weighted by molar-refractivity contribution is 6.07. The summed E-state index contributed by atoms with van der Waals surface area (Å²) < 4.78 is 8.94. The van der Waals surface area contributed by atoms with Gasteiger partial charge in [0.2, 0.25) is 0 Å². The fourth-order valence-electron chi connectivity index (χ4n) is 3.88. The van der Waals surface area contributed by atoms with Gasteiger partial charge in [-0.1, -0.05) is 12.1 Å². The molecule has 4 rings (SSSR count). The second-order valence-electron chi connectivity index (χ2n) is 7.46. The smallest absolute Gasteiger partial charge is 0.252 e. The fraction of sp³-hybridized carbons (Fsp3) is 0.304. The van der Waals surface area contributed by atoms with Crippen molar-refractivity contribution in [3.8, 4) is 17.0 Å². The van der Waals surface area contributed by atoms with Gasteiger partial charge in [0.25, 0.3) is 5.91 Å². The Labute approximate surface area is 180 Å². The van der Waals surface area contributed by atoms with Crippen molar-refractivity contribution in [3.63, 3.8) is 0 Å². The number of carbonyl (C=O) groups excluding carboxylic acids is 1. The number of carbonyl (C=O) groups is 1. The maximum absolute atomic E-state index is 13.4. The molecule has 1 aromatic carbocycles. The number of pyridine rings is 1. The highest BCUT2D eigenvalue weighted by Crippen LogP contribution is 2.29. The van der Waals surface area contributed by atoms with Crippen LogP contribution < -0.4 is 10.1 Å². The Morgan fingerprint density at radius 2 is 2.06 bits per heavy atom. The van der Waals surface area contributed by atoms with Crippen LogP contribution in [0.1, 0.15) is 41.6 Å². The van der Waals surface area contributed by atoms with Crippen molar-refractivity contribution in [2.75, 3.05) is 7.11 Å². The van der Waals surface area contributed by atoms with Gasteiger partial charge in [-0.15, -0.1) is 0 Å². The Morgan fingerprint density at radius 1 is 1.26 bits per heavy atom. The summed E-state index contributed by atoms with van der Waals surface area (Å²) in [7, 11) is 3.46. The Balaban J connectivity index is 1.79. The Kier molecular flexibility index (Phi) is 5.46. The van der Waals surface area contributed by atoms with E-state index in [9.17, 15) is 4.79 Å². The maximum Gasteiger partial charge on any atom is 0.252 e.